The molecule has 1 amide bonds. The minimum absolute atomic E-state index is 0.228. The number of aryl methyl sites for hydroxylation is 2. The summed E-state index contributed by atoms with van der Waals surface area (Å²) in [4.78, 5) is 11.9. The summed E-state index contributed by atoms with van der Waals surface area (Å²) < 4.78 is 0. The second-order valence-electron chi connectivity index (χ2n) is 5.35. The number of nitrogens with two attached hydrogens (primary N) is 1. The molecule has 3 nitrogen and oxygen atoms in total. The summed E-state index contributed by atoms with van der Waals surface area (Å²) in [6, 6.07) is 6.83. The van der Waals surface area contributed by atoms with E-state index in [0.29, 0.717) is 6.04 Å². The van der Waals surface area contributed by atoms with Crippen LogP contribution < -0.4 is 11.1 Å². The number of nitrogens with one attached hydrogen (secondary N) is 1. The monoisotopic (exact) mass is 230 g/mol. The molecule has 1 saturated carbocycles. The average molecular weight is 230 g/mol. The lowest BCUT2D eigenvalue weighted by molar-refractivity contribution is -0.124. The second-order valence-corrected chi connectivity index (χ2v) is 5.35. The Morgan fingerprint density at radius 1 is 1.47 bits per heavy atom. The summed E-state index contributed by atoms with van der Waals surface area (Å²) in [5.41, 5.74) is 8.63. The Balaban J connectivity index is 2.07. The number of fused-ring (bicyclic) bond motifs is 1. The molecule has 0 aliphatic heterocycles. The van der Waals surface area contributed by atoms with Gasteiger partial charge in [-0.2, -0.15) is 0 Å². The molecule has 0 spiro atoms. The van der Waals surface area contributed by atoms with Crippen molar-refractivity contribution in [2.24, 2.45) is 5.73 Å². The van der Waals surface area contributed by atoms with Gasteiger partial charge in [0.1, 0.15) is 5.54 Å². The van der Waals surface area contributed by atoms with Gasteiger partial charge >= 0.3 is 0 Å². The van der Waals surface area contributed by atoms with E-state index in [0.717, 1.165) is 31.2 Å². The van der Waals surface area contributed by atoms with Gasteiger partial charge in [-0.15, -0.1) is 0 Å². The van der Waals surface area contributed by atoms with Crippen molar-refractivity contribution in [1.82, 2.24) is 5.32 Å². The maximum Gasteiger partial charge on any atom is 0.242 e. The topological polar surface area (TPSA) is 55.1 Å². The highest BCUT2D eigenvalue weighted by Crippen LogP contribution is 2.39. The Labute approximate surface area is 101 Å². The van der Waals surface area contributed by atoms with Crippen LogP contribution >= 0.6 is 0 Å². The van der Waals surface area contributed by atoms with Crippen molar-refractivity contribution in [3.63, 3.8) is 0 Å². The van der Waals surface area contributed by atoms with Crippen molar-refractivity contribution in [3.8, 4) is 0 Å². The Morgan fingerprint density at radius 3 is 2.88 bits per heavy atom. The van der Waals surface area contributed by atoms with E-state index in [4.69, 9.17) is 5.73 Å². The van der Waals surface area contributed by atoms with Gasteiger partial charge in [0.05, 0.1) is 0 Å². The number of benzene rings is 1. The summed E-state index contributed by atoms with van der Waals surface area (Å²) in [6.07, 6.45) is 4.07. The fourth-order valence-corrected chi connectivity index (χ4v) is 2.82. The van der Waals surface area contributed by atoms with E-state index in [-0.39, 0.29) is 5.91 Å². The molecular formula is C14H18N2O. The number of primary amides is 1. The minimum Gasteiger partial charge on any atom is -0.368 e. The molecule has 0 bridgehead atoms. The first-order valence-electron chi connectivity index (χ1n) is 6.29. The van der Waals surface area contributed by atoms with E-state index >= 15 is 0 Å². The normalized spacial score (nSPS) is 26.9. The number of carbonyl (C=O) groups excluding carboxylic acids is 1. The number of carbonyl (C=O) groups is 1. The van der Waals surface area contributed by atoms with Crippen LogP contribution in [-0.4, -0.2) is 11.9 Å². The highest BCUT2D eigenvalue weighted by Gasteiger charge is 2.46. The molecule has 1 aromatic carbocycles. The first-order chi connectivity index (χ1) is 8.12. The van der Waals surface area contributed by atoms with Gasteiger partial charge in [-0.05, 0) is 43.7 Å². The van der Waals surface area contributed by atoms with Gasteiger partial charge in [0.25, 0.3) is 0 Å². The highest BCUT2D eigenvalue weighted by atomic mass is 16.1. The maximum atomic E-state index is 11.9. The van der Waals surface area contributed by atoms with Gasteiger partial charge in [-0.3, -0.25) is 10.1 Å². The van der Waals surface area contributed by atoms with Gasteiger partial charge in [0.2, 0.25) is 5.91 Å². The van der Waals surface area contributed by atoms with E-state index < -0.39 is 5.54 Å². The zero-order valence-corrected chi connectivity index (χ0v) is 10.1. The second kappa shape index (κ2) is 3.57. The summed E-state index contributed by atoms with van der Waals surface area (Å²) in [7, 11) is 0. The third-order valence-electron chi connectivity index (χ3n) is 3.94. The van der Waals surface area contributed by atoms with Gasteiger partial charge < -0.3 is 5.73 Å². The van der Waals surface area contributed by atoms with E-state index in [9.17, 15) is 4.79 Å². The SMILES string of the molecule is Cc1ccc2c(c1)C(NC1CC1)(C(N)=O)CC2. The van der Waals surface area contributed by atoms with Crippen LogP contribution in [0.2, 0.25) is 0 Å². The molecule has 0 heterocycles. The van der Waals surface area contributed by atoms with Gasteiger partial charge in [0, 0.05) is 6.04 Å². The van der Waals surface area contributed by atoms with E-state index in [2.05, 4.69) is 30.4 Å². The molecule has 17 heavy (non-hydrogen) atoms. The predicted molar refractivity (Wildman–Crippen MR) is 66.5 cm³/mol. The summed E-state index contributed by atoms with van der Waals surface area (Å²) in [5, 5.41) is 3.47. The van der Waals surface area contributed by atoms with E-state index in [1.165, 1.54) is 11.1 Å². The molecule has 2 aliphatic rings. The number of hydrogen-bond acceptors (Lipinski definition) is 2. The first-order valence-corrected chi connectivity index (χ1v) is 6.29. The third kappa shape index (κ3) is 1.65. The predicted octanol–water partition coefficient (Wildman–Crippen LogP) is 1.37. The molecule has 3 heteroatoms. The van der Waals surface area contributed by atoms with Crippen LogP contribution in [-0.2, 0) is 16.8 Å². The molecule has 0 saturated heterocycles. The smallest absolute Gasteiger partial charge is 0.242 e. The lowest BCUT2D eigenvalue weighted by Gasteiger charge is -2.28. The van der Waals surface area contributed by atoms with Crippen molar-refractivity contribution in [1.29, 1.82) is 0 Å². The number of rotatable bonds is 3. The molecule has 1 aromatic rings. The van der Waals surface area contributed by atoms with Crippen LogP contribution in [0.4, 0.5) is 0 Å². The van der Waals surface area contributed by atoms with Crippen LogP contribution in [0.3, 0.4) is 0 Å². The first kappa shape index (κ1) is 10.8. The summed E-state index contributed by atoms with van der Waals surface area (Å²) >= 11 is 0. The van der Waals surface area contributed by atoms with Crippen molar-refractivity contribution in [3.05, 3.63) is 34.9 Å². The van der Waals surface area contributed by atoms with E-state index in [1.54, 1.807) is 0 Å². The molecule has 3 rings (SSSR count). The molecule has 0 radical (unpaired) electrons. The van der Waals surface area contributed by atoms with Crippen molar-refractivity contribution in [2.75, 3.05) is 0 Å². The number of hydrogen-bond donors (Lipinski definition) is 2. The third-order valence-corrected chi connectivity index (χ3v) is 3.94. The van der Waals surface area contributed by atoms with E-state index in [1.807, 2.05) is 0 Å². The molecular weight excluding hydrogens is 212 g/mol. The number of amides is 1. The van der Waals surface area contributed by atoms with Crippen LogP contribution in [0.1, 0.15) is 36.0 Å². The van der Waals surface area contributed by atoms with Crippen LogP contribution in [0.15, 0.2) is 18.2 Å². The molecule has 0 aromatic heterocycles. The lowest BCUT2D eigenvalue weighted by atomic mass is 9.90. The Hall–Kier alpha value is -1.35. The van der Waals surface area contributed by atoms with Gasteiger partial charge in [-0.25, -0.2) is 0 Å². The van der Waals surface area contributed by atoms with Crippen molar-refractivity contribution >= 4 is 5.91 Å². The largest absolute Gasteiger partial charge is 0.368 e. The molecule has 3 N–H and O–H groups in total. The van der Waals surface area contributed by atoms with Crippen LogP contribution in [0.5, 0.6) is 0 Å². The Bertz CT molecular complexity index is 479. The van der Waals surface area contributed by atoms with Crippen molar-refractivity contribution < 1.29 is 4.79 Å². The quantitative estimate of drug-likeness (QED) is 0.824. The molecule has 1 unspecified atom stereocenters. The fraction of sp³-hybridized carbons (Fsp3) is 0.500. The van der Waals surface area contributed by atoms with Gasteiger partial charge in [-0.1, -0.05) is 23.8 Å². The molecule has 1 fully saturated rings. The van der Waals surface area contributed by atoms with Crippen LogP contribution in [0, 0.1) is 6.92 Å². The highest BCUT2D eigenvalue weighted by molar-refractivity contribution is 5.87. The van der Waals surface area contributed by atoms with Crippen molar-refractivity contribution in [2.45, 2.75) is 44.2 Å². The molecule has 90 valence electrons. The van der Waals surface area contributed by atoms with Gasteiger partial charge in [0.15, 0.2) is 0 Å². The summed E-state index contributed by atoms with van der Waals surface area (Å²) in [5.74, 6) is -0.228. The van der Waals surface area contributed by atoms with Crippen LogP contribution in [0.25, 0.3) is 0 Å². The lowest BCUT2D eigenvalue weighted by Crippen LogP contribution is -2.52. The summed E-state index contributed by atoms with van der Waals surface area (Å²) in [6.45, 7) is 2.06. The fourth-order valence-electron chi connectivity index (χ4n) is 2.82. The molecule has 1 atom stereocenters. The Kier molecular flexibility index (Phi) is 2.26. The zero-order chi connectivity index (χ0) is 12.0. The minimum atomic E-state index is -0.609. The average Bonchev–Trinajstić information content (AvgIpc) is 3.01. The molecule has 2 aliphatic carbocycles. The zero-order valence-electron chi connectivity index (χ0n) is 10.1. The maximum absolute atomic E-state index is 11.9. The standard InChI is InChI=1S/C14H18N2O/c1-9-2-3-10-6-7-14(13(15)17,12(10)8-9)16-11-4-5-11/h2-3,8,11,16H,4-7H2,1H3,(H2,15,17). The Morgan fingerprint density at radius 2 is 2.24 bits per heavy atom.